The summed E-state index contributed by atoms with van der Waals surface area (Å²) in [4.78, 5) is 0. The highest BCUT2D eigenvalue weighted by atomic mass is 35.5. The van der Waals surface area contributed by atoms with Crippen LogP contribution in [-0.4, -0.2) is 11.2 Å². The Morgan fingerprint density at radius 3 is 3.00 bits per heavy atom. The second-order valence-corrected chi connectivity index (χ2v) is 4.91. The average Bonchev–Trinajstić information content (AvgIpc) is 2.28. The Hall–Kier alpha value is -0.730. The van der Waals surface area contributed by atoms with E-state index < -0.39 is 6.10 Å². The summed E-state index contributed by atoms with van der Waals surface area (Å²) in [5, 5.41) is 10.7. The quantitative estimate of drug-likeness (QED) is 0.857. The highest BCUT2D eigenvalue weighted by molar-refractivity contribution is 6.30. The van der Waals surface area contributed by atoms with Crippen LogP contribution in [0.4, 0.5) is 0 Å². The zero-order valence-corrected chi connectivity index (χ0v) is 10.4. The smallest absolute Gasteiger partial charge is 0.125 e. The number of ether oxygens (including phenoxy) is 1. The lowest BCUT2D eigenvalue weighted by Crippen LogP contribution is -2.31. The van der Waals surface area contributed by atoms with E-state index in [9.17, 15) is 5.11 Å². The molecule has 0 saturated carbocycles. The lowest BCUT2D eigenvalue weighted by atomic mass is 9.91. The van der Waals surface area contributed by atoms with Crippen molar-refractivity contribution in [2.75, 3.05) is 0 Å². The van der Waals surface area contributed by atoms with E-state index in [1.54, 1.807) is 12.1 Å². The highest BCUT2D eigenvalue weighted by Gasteiger charge is 2.29. The number of aliphatic hydroxyl groups is 1. The molecule has 0 radical (unpaired) electrons. The second-order valence-electron chi connectivity index (χ2n) is 4.48. The number of hydrogen-bond donors (Lipinski definition) is 1. The minimum Gasteiger partial charge on any atom is -0.490 e. The molecular weight excluding hydrogens is 224 g/mol. The van der Waals surface area contributed by atoms with Gasteiger partial charge in [0.15, 0.2) is 0 Å². The van der Waals surface area contributed by atoms with Crippen LogP contribution in [0.1, 0.15) is 38.4 Å². The molecule has 1 aromatic carbocycles. The molecule has 1 aliphatic heterocycles. The molecule has 1 aliphatic rings. The van der Waals surface area contributed by atoms with Crippen molar-refractivity contribution in [2.24, 2.45) is 5.92 Å². The fourth-order valence-corrected chi connectivity index (χ4v) is 2.24. The SMILES string of the molecule is CCC(C)C1CC(O)c2cc(Cl)ccc2O1. The van der Waals surface area contributed by atoms with Crippen molar-refractivity contribution >= 4 is 11.6 Å². The van der Waals surface area contributed by atoms with Crippen LogP contribution in [0.3, 0.4) is 0 Å². The van der Waals surface area contributed by atoms with E-state index in [0.717, 1.165) is 17.7 Å². The van der Waals surface area contributed by atoms with Gasteiger partial charge in [-0.05, 0) is 24.1 Å². The summed E-state index contributed by atoms with van der Waals surface area (Å²) in [6.07, 6.45) is 1.36. The van der Waals surface area contributed by atoms with Gasteiger partial charge in [0, 0.05) is 17.0 Å². The van der Waals surface area contributed by atoms with Crippen LogP contribution in [0.25, 0.3) is 0 Å². The monoisotopic (exact) mass is 240 g/mol. The summed E-state index contributed by atoms with van der Waals surface area (Å²) in [5.41, 5.74) is 0.812. The molecule has 1 aromatic rings. The Labute approximate surface area is 101 Å². The van der Waals surface area contributed by atoms with Crippen molar-refractivity contribution in [1.29, 1.82) is 0 Å². The number of rotatable bonds is 2. The van der Waals surface area contributed by atoms with Crippen molar-refractivity contribution < 1.29 is 9.84 Å². The molecule has 0 spiro atoms. The Morgan fingerprint density at radius 2 is 2.31 bits per heavy atom. The second kappa shape index (κ2) is 4.64. The molecule has 0 aromatic heterocycles. The number of aliphatic hydroxyl groups excluding tert-OH is 1. The van der Waals surface area contributed by atoms with Crippen molar-refractivity contribution in [3.8, 4) is 5.75 Å². The normalized spacial score (nSPS) is 25.8. The summed E-state index contributed by atoms with van der Waals surface area (Å²) in [6, 6.07) is 5.43. The van der Waals surface area contributed by atoms with Gasteiger partial charge >= 0.3 is 0 Å². The first-order chi connectivity index (χ1) is 7.61. The molecule has 3 unspecified atom stereocenters. The first-order valence-corrected chi connectivity index (χ1v) is 6.13. The number of halogens is 1. The third kappa shape index (κ3) is 2.18. The highest BCUT2D eigenvalue weighted by Crippen LogP contribution is 2.38. The van der Waals surface area contributed by atoms with E-state index in [1.807, 2.05) is 6.07 Å². The molecule has 0 amide bonds. The summed E-state index contributed by atoms with van der Waals surface area (Å²) in [6.45, 7) is 4.29. The maximum atomic E-state index is 10.1. The van der Waals surface area contributed by atoms with Crippen molar-refractivity contribution in [1.82, 2.24) is 0 Å². The summed E-state index contributed by atoms with van der Waals surface area (Å²) >= 11 is 5.90. The van der Waals surface area contributed by atoms with Crippen LogP contribution >= 0.6 is 11.6 Å². The fourth-order valence-electron chi connectivity index (χ4n) is 2.06. The van der Waals surface area contributed by atoms with Crippen molar-refractivity contribution in [3.05, 3.63) is 28.8 Å². The van der Waals surface area contributed by atoms with Crippen LogP contribution in [0.5, 0.6) is 5.75 Å². The van der Waals surface area contributed by atoms with Gasteiger partial charge in [0.1, 0.15) is 11.9 Å². The summed E-state index contributed by atoms with van der Waals surface area (Å²) in [7, 11) is 0. The minimum atomic E-state index is -0.457. The summed E-state index contributed by atoms with van der Waals surface area (Å²) < 4.78 is 5.89. The zero-order chi connectivity index (χ0) is 11.7. The Bertz CT molecular complexity index is 378. The van der Waals surface area contributed by atoms with Gasteiger partial charge in [0.25, 0.3) is 0 Å². The molecule has 0 aliphatic carbocycles. The zero-order valence-electron chi connectivity index (χ0n) is 9.61. The van der Waals surface area contributed by atoms with Gasteiger partial charge in [-0.1, -0.05) is 31.9 Å². The van der Waals surface area contributed by atoms with Gasteiger partial charge in [0.05, 0.1) is 6.10 Å². The predicted octanol–water partition coefficient (Wildman–Crippen LogP) is 3.57. The molecule has 16 heavy (non-hydrogen) atoms. The van der Waals surface area contributed by atoms with E-state index in [-0.39, 0.29) is 6.10 Å². The van der Waals surface area contributed by atoms with Crippen LogP contribution in [-0.2, 0) is 0 Å². The van der Waals surface area contributed by atoms with Gasteiger partial charge in [0.2, 0.25) is 0 Å². The van der Waals surface area contributed by atoms with Crippen LogP contribution < -0.4 is 4.74 Å². The third-order valence-electron chi connectivity index (χ3n) is 3.34. The molecule has 1 N–H and O–H groups in total. The number of benzene rings is 1. The van der Waals surface area contributed by atoms with E-state index in [4.69, 9.17) is 16.3 Å². The van der Waals surface area contributed by atoms with Crippen LogP contribution in [0.2, 0.25) is 5.02 Å². The number of fused-ring (bicyclic) bond motifs is 1. The molecule has 2 rings (SSSR count). The van der Waals surface area contributed by atoms with Crippen LogP contribution in [0.15, 0.2) is 18.2 Å². The minimum absolute atomic E-state index is 0.105. The molecule has 3 atom stereocenters. The summed E-state index contributed by atoms with van der Waals surface area (Å²) in [5.74, 6) is 1.23. The van der Waals surface area contributed by atoms with Gasteiger partial charge in [-0.15, -0.1) is 0 Å². The molecular formula is C13H17ClO2. The molecule has 0 bridgehead atoms. The first kappa shape index (κ1) is 11.7. The topological polar surface area (TPSA) is 29.5 Å². The van der Waals surface area contributed by atoms with Crippen LogP contribution in [0, 0.1) is 5.92 Å². The molecule has 88 valence electrons. The predicted molar refractivity (Wildman–Crippen MR) is 64.9 cm³/mol. The Balaban J connectivity index is 2.26. The molecule has 2 nitrogen and oxygen atoms in total. The van der Waals surface area contributed by atoms with E-state index in [0.29, 0.717) is 17.4 Å². The van der Waals surface area contributed by atoms with Crippen molar-refractivity contribution in [2.45, 2.75) is 38.9 Å². The molecule has 1 heterocycles. The standard InChI is InChI=1S/C13H17ClO2/c1-3-8(2)13-7-11(15)10-6-9(14)4-5-12(10)16-13/h4-6,8,11,13,15H,3,7H2,1-2H3. The lowest BCUT2D eigenvalue weighted by molar-refractivity contribution is 0.0375. The average molecular weight is 241 g/mol. The maximum Gasteiger partial charge on any atom is 0.125 e. The Kier molecular flexibility index (Phi) is 3.41. The first-order valence-electron chi connectivity index (χ1n) is 5.76. The Morgan fingerprint density at radius 1 is 1.56 bits per heavy atom. The van der Waals surface area contributed by atoms with E-state index in [2.05, 4.69) is 13.8 Å². The van der Waals surface area contributed by atoms with Crippen molar-refractivity contribution in [3.63, 3.8) is 0 Å². The van der Waals surface area contributed by atoms with E-state index >= 15 is 0 Å². The van der Waals surface area contributed by atoms with Gasteiger partial charge in [-0.2, -0.15) is 0 Å². The molecule has 0 fully saturated rings. The van der Waals surface area contributed by atoms with Gasteiger partial charge < -0.3 is 9.84 Å². The lowest BCUT2D eigenvalue weighted by Gasteiger charge is -2.33. The third-order valence-corrected chi connectivity index (χ3v) is 3.58. The fraction of sp³-hybridized carbons (Fsp3) is 0.538. The largest absolute Gasteiger partial charge is 0.490 e. The number of hydrogen-bond acceptors (Lipinski definition) is 2. The molecule has 3 heteroatoms. The van der Waals surface area contributed by atoms with Gasteiger partial charge in [-0.25, -0.2) is 0 Å². The maximum absolute atomic E-state index is 10.1. The molecule has 0 saturated heterocycles. The van der Waals surface area contributed by atoms with E-state index in [1.165, 1.54) is 0 Å². The van der Waals surface area contributed by atoms with Gasteiger partial charge in [-0.3, -0.25) is 0 Å².